The second-order valence-corrected chi connectivity index (χ2v) is 9.97. The number of anilines is 1. The van der Waals surface area contributed by atoms with Crippen LogP contribution in [-0.4, -0.2) is 33.2 Å². The van der Waals surface area contributed by atoms with E-state index in [0.717, 1.165) is 27.2 Å². The first-order chi connectivity index (χ1) is 28.3. The van der Waals surface area contributed by atoms with Gasteiger partial charge in [0.25, 0.3) is 5.91 Å². The standard InChI is InChI=1S/C23H20N4O2.C22H2.H3N5O2.8H2/c24-22-19-9-6-15(13-17(19)11-12-25-22)5-8-18(28)14-26-23(29)21-10-7-16-3-1-2-4-20(16)27-21;1-3-5-7-9-11-13-15-17-19-21-22-20-18-16-14-12-10-8-6-4-2;1-2-3-4-5(6)7;;;;;;;;/h1-4,6-7,9-13H,5,8,14H2,(H2,24,25)(H,26,29);1-2H;(H2,1,3)(H,2,4);8*1H. The van der Waals surface area contributed by atoms with Gasteiger partial charge in [0.15, 0.2) is 11.0 Å². The van der Waals surface area contributed by atoms with Gasteiger partial charge < -0.3 is 21.2 Å². The lowest BCUT2D eigenvalue weighted by Crippen LogP contribution is -2.30. The van der Waals surface area contributed by atoms with Gasteiger partial charge in [0, 0.05) is 64.0 Å². The number of nitrogens with zero attached hydrogens (tertiary/aromatic N) is 5. The molecular weight excluding hydrogens is 731 g/mol. The Balaban J connectivity index is -0.000000170. The molecule has 0 saturated heterocycles. The van der Waals surface area contributed by atoms with Crippen molar-refractivity contribution in [1.82, 2.24) is 20.8 Å². The Labute approximate surface area is 346 Å². The molecule has 13 heteroatoms. The molecule has 4 aromatic rings. The molecule has 0 spiro atoms. The number of terminal acetylenes is 2. The zero-order valence-electron chi connectivity index (χ0n) is 30.2. The van der Waals surface area contributed by atoms with Crippen LogP contribution >= 0.6 is 0 Å². The van der Waals surface area contributed by atoms with Crippen molar-refractivity contribution in [1.29, 1.82) is 0 Å². The Morgan fingerprint density at radius 2 is 1.31 bits per heavy atom. The monoisotopic (exact) mass is 771 g/mol. The summed E-state index contributed by atoms with van der Waals surface area (Å²) in [5, 5.41) is 19.1. The maximum absolute atomic E-state index is 12.3. The maximum atomic E-state index is 12.3. The number of fused-ring (bicyclic) bond motifs is 2. The van der Waals surface area contributed by atoms with Crippen molar-refractivity contribution in [3.05, 3.63) is 88.2 Å². The molecule has 0 aliphatic carbocycles. The van der Waals surface area contributed by atoms with Crippen LogP contribution in [-0.2, 0) is 11.2 Å². The number of rotatable bonds is 8. The molecule has 13 nitrogen and oxygen atoms in total. The van der Waals surface area contributed by atoms with Crippen molar-refractivity contribution < 1.29 is 26.0 Å². The van der Waals surface area contributed by atoms with Gasteiger partial charge in [-0.15, -0.1) is 12.8 Å². The average Bonchev–Trinajstić information content (AvgIpc) is 3.24. The molecule has 2 aromatic carbocycles. The number of pyridine rings is 2. The van der Waals surface area contributed by atoms with Crippen molar-refractivity contribution in [3.8, 4) is 131 Å². The van der Waals surface area contributed by atoms with E-state index in [1.165, 1.54) is 5.53 Å². The molecule has 0 atom stereocenters. The van der Waals surface area contributed by atoms with Crippen LogP contribution in [0.2, 0.25) is 0 Å². The van der Waals surface area contributed by atoms with Crippen LogP contribution in [0.4, 0.5) is 5.82 Å². The average molecular weight is 772 g/mol. The summed E-state index contributed by atoms with van der Waals surface area (Å²) < 4.78 is 0. The van der Waals surface area contributed by atoms with Crippen LogP contribution in [0.3, 0.4) is 0 Å². The number of para-hydroxylation sites is 1. The number of hydrogen-bond donors (Lipinski definition) is 4. The quantitative estimate of drug-likeness (QED) is 0.0651. The second-order valence-electron chi connectivity index (χ2n) is 9.97. The first-order valence-corrected chi connectivity index (χ1v) is 16.0. The maximum Gasteiger partial charge on any atom is 0.270 e. The first-order valence-electron chi connectivity index (χ1n) is 16.0. The normalized spacial score (nSPS) is 7.97. The van der Waals surface area contributed by atoms with Gasteiger partial charge in [0.2, 0.25) is 0 Å². The Morgan fingerprint density at radius 1 is 0.759 bits per heavy atom. The molecule has 0 aliphatic heterocycles. The summed E-state index contributed by atoms with van der Waals surface area (Å²) in [4.78, 5) is 42.2. The number of amides is 1. The van der Waals surface area contributed by atoms with E-state index < -0.39 is 5.03 Å². The molecule has 0 unspecified atom stereocenters. The predicted molar refractivity (Wildman–Crippen MR) is 237 cm³/mol. The molecule has 2 aromatic heterocycles. The SMILES string of the molecule is C#CC#CC#CC#CC#CC#CC#CC#CC#CC#CC#C.NN=NN[N+](=O)[O-].Nc1nccc2cc(CCC(=O)CNC(=O)c3ccc4ccccc4n3)ccc12.[HH].[HH].[HH].[HH].[HH].[HH].[HH].[HH]. The third kappa shape index (κ3) is 19.0. The topological polar surface area (TPSA) is 204 Å². The Kier molecular flexibility index (Phi) is 21.0. The Hall–Kier alpha value is -10.0. The van der Waals surface area contributed by atoms with Crippen molar-refractivity contribution in [2.24, 2.45) is 16.3 Å². The fraction of sp³-hybridized carbons (Fsp3) is 0.0667. The number of nitrogens with one attached hydrogen (secondary N) is 2. The smallest absolute Gasteiger partial charge is 0.270 e. The van der Waals surface area contributed by atoms with E-state index in [9.17, 15) is 19.7 Å². The number of aryl methyl sites for hydroxylation is 1. The van der Waals surface area contributed by atoms with Gasteiger partial charge in [-0.25, -0.2) is 9.97 Å². The number of hydrogen-bond acceptors (Lipinski definition) is 9. The summed E-state index contributed by atoms with van der Waals surface area (Å²) in [6.45, 7) is -0.0161. The van der Waals surface area contributed by atoms with Gasteiger partial charge in [0.05, 0.1) is 22.3 Å². The van der Waals surface area contributed by atoms with E-state index in [-0.39, 0.29) is 29.6 Å². The van der Waals surface area contributed by atoms with Crippen molar-refractivity contribution in [2.45, 2.75) is 12.8 Å². The number of Topliss-reactive ketones (excluding diaryl/α,β-unsaturated/α-hetero) is 1. The summed E-state index contributed by atoms with van der Waals surface area (Å²) in [7, 11) is 0. The second kappa shape index (κ2) is 27.6. The summed E-state index contributed by atoms with van der Waals surface area (Å²) >= 11 is 0. The van der Waals surface area contributed by atoms with Crippen LogP contribution in [0.1, 0.15) is 33.9 Å². The molecule has 4 rings (SSSR count). The van der Waals surface area contributed by atoms with E-state index in [1.54, 1.807) is 12.3 Å². The van der Waals surface area contributed by atoms with E-state index in [2.05, 4.69) is 150 Å². The lowest BCUT2D eigenvalue weighted by Gasteiger charge is -2.07. The molecule has 0 aliphatic rings. The van der Waals surface area contributed by atoms with Gasteiger partial charge in [-0.1, -0.05) is 42.5 Å². The molecule has 0 bridgehead atoms. The Morgan fingerprint density at radius 3 is 1.83 bits per heavy atom. The zero-order chi connectivity index (χ0) is 42.1. The van der Waals surface area contributed by atoms with Gasteiger partial charge in [-0.2, -0.15) is 0 Å². The third-order valence-electron chi connectivity index (χ3n) is 6.22. The molecule has 0 fully saturated rings. The van der Waals surface area contributed by atoms with Crippen molar-refractivity contribution in [2.75, 3.05) is 12.3 Å². The largest absolute Gasteiger partial charge is 0.383 e. The lowest BCUT2D eigenvalue weighted by molar-refractivity contribution is -0.546. The number of nitrogens with two attached hydrogens (primary N) is 2. The lowest BCUT2D eigenvalue weighted by atomic mass is 10.0. The van der Waals surface area contributed by atoms with Crippen molar-refractivity contribution >= 4 is 39.2 Å². The van der Waals surface area contributed by atoms with Crippen LogP contribution in [0.15, 0.2) is 77.3 Å². The number of aromatic nitrogens is 2. The van der Waals surface area contributed by atoms with Crippen molar-refractivity contribution in [3.63, 3.8) is 0 Å². The minimum atomic E-state index is -0.879. The molecule has 1 amide bonds. The molecule has 2 heterocycles. The third-order valence-corrected chi connectivity index (χ3v) is 6.22. The van der Waals surface area contributed by atoms with Gasteiger partial charge in [-0.3, -0.25) is 15.4 Å². The van der Waals surface area contributed by atoms with Crippen LogP contribution in [0, 0.1) is 141 Å². The highest BCUT2D eigenvalue weighted by Crippen LogP contribution is 2.20. The summed E-state index contributed by atoms with van der Waals surface area (Å²) in [5.74, 6) is 52.7. The number of nitrogen functional groups attached to an aromatic ring is 1. The molecular formula is C45H41N9O4. The fourth-order valence-corrected chi connectivity index (χ4v) is 3.87. The summed E-state index contributed by atoms with van der Waals surface area (Å²) in [5.41, 5.74) is 9.31. The van der Waals surface area contributed by atoms with Gasteiger partial charge in [-0.05, 0) is 130 Å². The summed E-state index contributed by atoms with van der Waals surface area (Å²) in [6.07, 6.45) is 12.4. The number of benzene rings is 2. The molecule has 0 radical (unpaired) electrons. The van der Waals surface area contributed by atoms with E-state index in [4.69, 9.17) is 18.6 Å². The van der Waals surface area contributed by atoms with Gasteiger partial charge >= 0.3 is 0 Å². The minimum absolute atomic E-state index is 0. The number of carbonyl (C=O) groups is 2. The van der Waals surface area contributed by atoms with E-state index in [1.807, 2.05) is 54.6 Å². The minimum Gasteiger partial charge on any atom is -0.383 e. The molecule has 290 valence electrons. The Bertz CT molecular complexity index is 2850. The zero-order valence-corrected chi connectivity index (χ0v) is 30.2. The summed E-state index contributed by atoms with van der Waals surface area (Å²) in [6, 6.07) is 18.9. The van der Waals surface area contributed by atoms with Crippen LogP contribution < -0.4 is 22.4 Å². The molecule has 6 N–H and O–H groups in total. The fourth-order valence-electron chi connectivity index (χ4n) is 3.87. The number of nitro groups is 1. The highest BCUT2D eigenvalue weighted by Gasteiger charge is 2.11. The number of hydrazine groups is 1. The van der Waals surface area contributed by atoms with Crippen LogP contribution in [0.25, 0.3) is 21.7 Å². The predicted octanol–water partition coefficient (Wildman–Crippen LogP) is 4.56. The van der Waals surface area contributed by atoms with E-state index >= 15 is 0 Å². The van der Waals surface area contributed by atoms with E-state index in [0.29, 0.717) is 24.4 Å². The molecule has 0 saturated carbocycles. The first kappa shape index (κ1) is 44.1. The van der Waals surface area contributed by atoms with Gasteiger partial charge in [0.1, 0.15) is 11.5 Å². The number of carbonyl (C=O) groups excluding carboxylic acids is 2. The highest BCUT2D eigenvalue weighted by atomic mass is 16.7. The molecule has 58 heavy (non-hydrogen) atoms. The highest BCUT2D eigenvalue weighted by molar-refractivity contribution is 5.97. The van der Waals surface area contributed by atoms with Crippen LogP contribution in [0.5, 0.6) is 0 Å². The number of ketones is 1.